The van der Waals surface area contributed by atoms with Gasteiger partial charge in [0.2, 0.25) is 0 Å². The molecule has 0 saturated heterocycles. The minimum absolute atomic E-state index is 0.188. The van der Waals surface area contributed by atoms with Gasteiger partial charge in [0.05, 0.1) is 5.71 Å². The summed E-state index contributed by atoms with van der Waals surface area (Å²) in [6.45, 7) is 0. The van der Waals surface area contributed by atoms with Crippen LogP contribution >= 0.6 is 0 Å². The van der Waals surface area contributed by atoms with E-state index in [0.29, 0.717) is 5.84 Å². The van der Waals surface area contributed by atoms with Gasteiger partial charge in [-0.15, -0.1) is 0 Å². The fraction of sp³-hybridized carbons (Fsp3) is 0.0526. The van der Waals surface area contributed by atoms with E-state index < -0.39 is 0 Å². The minimum Gasteiger partial charge on any atom is -0.264 e. The van der Waals surface area contributed by atoms with Crippen molar-refractivity contribution in [2.75, 3.05) is 0 Å². The average molecular weight is 313 g/mol. The average Bonchev–Trinajstić information content (AvgIpc) is 2.69. The Bertz CT molecular complexity index is 873. The highest BCUT2D eigenvalue weighted by Crippen LogP contribution is 2.25. The van der Waals surface area contributed by atoms with E-state index in [-0.39, 0.29) is 6.04 Å². The molecule has 0 spiro atoms. The van der Waals surface area contributed by atoms with Crippen molar-refractivity contribution >= 4 is 11.5 Å². The van der Waals surface area contributed by atoms with Crippen molar-refractivity contribution in [3.8, 4) is 0 Å². The van der Waals surface area contributed by atoms with Gasteiger partial charge in [-0.1, -0.05) is 30.3 Å². The molecule has 0 bridgehead atoms. The summed E-state index contributed by atoms with van der Waals surface area (Å²) < 4.78 is 0. The molecular weight excluding hydrogens is 298 g/mol. The maximum absolute atomic E-state index is 4.89. The van der Waals surface area contributed by atoms with Gasteiger partial charge in [-0.05, 0) is 29.8 Å². The van der Waals surface area contributed by atoms with Crippen molar-refractivity contribution in [1.29, 1.82) is 0 Å². The molecule has 3 heterocycles. The normalized spacial score (nSPS) is 16.8. The Morgan fingerprint density at radius 2 is 1.46 bits per heavy atom. The maximum Gasteiger partial charge on any atom is 0.151 e. The number of pyridine rings is 2. The number of nitrogens with zero attached hydrogens (tertiary/aromatic N) is 4. The molecule has 5 heteroatoms. The van der Waals surface area contributed by atoms with Gasteiger partial charge in [0.15, 0.2) is 5.84 Å². The highest BCUT2D eigenvalue weighted by molar-refractivity contribution is 6.10. The summed E-state index contributed by atoms with van der Waals surface area (Å²) in [4.78, 5) is 13.2. The van der Waals surface area contributed by atoms with E-state index in [4.69, 9.17) is 4.99 Å². The van der Waals surface area contributed by atoms with Crippen molar-refractivity contribution in [3.05, 3.63) is 96.1 Å². The fourth-order valence-electron chi connectivity index (χ4n) is 2.64. The first-order valence-electron chi connectivity index (χ1n) is 7.69. The summed E-state index contributed by atoms with van der Waals surface area (Å²) in [5.74, 6) is 0.713. The third-order valence-electron chi connectivity index (χ3n) is 3.81. The van der Waals surface area contributed by atoms with Crippen LogP contribution in [0.2, 0.25) is 0 Å². The van der Waals surface area contributed by atoms with Crippen LogP contribution in [-0.2, 0) is 0 Å². The van der Waals surface area contributed by atoms with E-state index >= 15 is 0 Å². The van der Waals surface area contributed by atoms with E-state index in [2.05, 4.69) is 32.6 Å². The first-order valence-corrected chi connectivity index (χ1v) is 7.69. The second kappa shape index (κ2) is 6.42. The Morgan fingerprint density at radius 1 is 0.750 bits per heavy atom. The van der Waals surface area contributed by atoms with Crippen LogP contribution in [0.5, 0.6) is 0 Å². The lowest BCUT2D eigenvalue weighted by molar-refractivity contribution is 0.859. The molecule has 0 aliphatic carbocycles. The number of aromatic nitrogens is 2. The molecule has 5 nitrogen and oxygen atoms in total. The van der Waals surface area contributed by atoms with Crippen molar-refractivity contribution in [1.82, 2.24) is 15.4 Å². The summed E-state index contributed by atoms with van der Waals surface area (Å²) in [5, 5.41) is 4.58. The summed E-state index contributed by atoms with van der Waals surface area (Å²) in [6.07, 6.45) is 7.08. The first-order chi connectivity index (χ1) is 11.9. The van der Waals surface area contributed by atoms with Gasteiger partial charge in [-0.2, -0.15) is 5.10 Å². The molecule has 1 aliphatic rings. The van der Waals surface area contributed by atoms with Crippen LogP contribution in [0.15, 0.2) is 89.5 Å². The van der Waals surface area contributed by atoms with Crippen molar-refractivity contribution in [2.24, 2.45) is 10.1 Å². The van der Waals surface area contributed by atoms with Crippen LogP contribution in [0.1, 0.15) is 22.7 Å². The second-order valence-corrected chi connectivity index (χ2v) is 5.38. The smallest absolute Gasteiger partial charge is 0.151 e. The van der Waals surface area contributed by atoms with Crippen LogP contribution in [0.4, 0.5) is 0 Å². The highest BCUT2D eigenvalue weighted by atomic mass is 15.3. The van der Waals surface area contributed by atoms with Crippen LogP contribution < -0.4 is 5.43 Å². The zero-order valence-electron chi connectivity index (χ0n) is 12.9. The summed E-state index contributed by atoms with van der Waals surface area (Å²) in [5.41, 5.74) is 6.85. The van der Waals surface area contributed by atoms with E-state index in [1.54, 1.807) is 24.8 Å². The van der Waals surface area contributed by atoms with Gasteiger partial charge in [-0.25, -0.2) is 0 Å². The molecule has 2 aromatic heterocycles. The molecule has 1 N–H and O–H groups in total. The number of nitrogens with one attached hydrogen (secondary N) is 1. The first kappa shape index (κ1) is 14.3. The second-order valence-electron chi connectivity index (χ2n) is 5.38. The van der Waals surface area contributed by atoms with Crippen LogP contribution in [0, 0.1) is 0 Å². The third-order valence-corrected chi connectivity index (χ3v) is 3.81. The monoisotopic (exact) mass is 313 g/mol. The minimum atomic E-state index is -0.188. The Balaban J connectivity index is 1.78. The zero-order valence-corrected chi connectivity index (χ0v) is 12.9. The lowest BCUT2D eigenvalue weighted by Gasteiger charge is -2.22. The van der Waals surface area contributed by atoms with Gasteiger partial charge in [0, 0.05) is 35.9 Å². The van der Waals surface area contributed by atoms with E-state index in [0.717, 1.165) is 22.4 Å². The molecule has 24 heavy (non-hydrogen) atoms. The predicted octanol–water partition coefficient (Wildman–Crippen LogP) is 2.97. The number of hydrazone groups is 1. The molecule has 0 fully saturated rings. The highest BCUT2D eigenvalue weighted by Gasteiger charge is 2.24. The molecule has 0 amide bonds. The molecule has 1 atom stereocenters. The van der Waals surface area contributed by atoms with Crippen LogP contribution in [-0.4, -0.2) is 21.5 Å². The van der Waals surface area contributed by atoms with Gasteiger partial charge in [-0.3, -0.25) is 20.4 Å². The van der Waals surface area contributed by atoms with E-state index in [1.165, 1.54) is 0 Å². The molecular formula is C19H15N5. The summed E-state index contributed by atoms with van der Waals surface area (Å²) in [7, 11) is 0. The van der Waals surface area contributed by atoms with Crippen molar-refractivity contribution in [3.63, 3.8) is 0 Å². The van der Waals surface area contributed by atoms with E-state index in [9.17, 15) is 0 Å². The molecule has 1 unspecified atom stereocenters. The topological polar surface area (TPSA) is 62.5 Å². The Labute approximate surface area is 139 Å². The molecule has 0 radical (unpaired) electrons. The summed E-state index contributed by atoms with van der Waals surface area (Å²) >= 11 is 0. The SMILES string of the molecule is c1ccc(C2N=C(c3cccnc3)NN=C2c2cccnc2)cc1. The Hall–Kier alpha value is -3.34. The predicted molar refractivity (Wildman–Crippen MR) is 93.9 cm³/mol. The quantitative estimate of drug-likeness (QED) is 0.808. The largest absolute Gasteiger partial charge is 0.264 e. The Kier molecular flexibility index (Phi) is 3.81. The number of amidine groups is 1. The van der Waals surface area contributed by atoms with Gasteiger partial charge < -0.3 is 0 Å². The molecule has 1 aromatic carbocycles. The van der Waals surface area contributed by atoms with Gasteiger partial charge >= 0.3 is 0 Å². The fourth-order valence-corrected chi connectivity index (χ4v) is 2.64. The third kappa shape index (κ3) is 2.79. The van der Waals surface area contributed by atoms with Gasteiger partial charge in [0.1, 0.15) is 6.04 Å². The van der Waals surface area contributed by atoms with Crippen LogP contribution in [0.25, 0.3) is 0 Å². The lowest BCUT2D eigenvalue weighted by Crippen LogP contribution is -2.30. The number of aliphatic imine (C=N–C) groups is 1. The van der Waals surface area contributed by atoms with E-state index in [1.807, 2.05) is 42.5 Å². The van der Waals surface area contributed by atoms with Gasteiger partial charge in [0.25, 0.3) is 0 Å². The molecule has 0 saturated carbocycles. The molecule has 1 aliphatic heterocycles. The van der Waals surface area contributed by atoms with Crippen molar-refractivity contribution < 1.29 is 0 Å². The molecule has 116 valence electrons. The molecule has 4 rings (SSSR count). The Morgan fingerprint density at radius 3 is 2.12 bits per heavy atom. The number of rotatable bonds is 3. The maximum atomic E-state index is 4.89. The summed E-state index contributed by atoms with van der Waals surface area (Å²) in [6, 6.07) is 17.7. The van der Waals surface area contributed by atoms with Crippen molar-refractivity contribution in [2.45, 2.75) is 6.04 Å². The lowest BCUT2D eigenvalue weighted by atomic mass is 9.97. The molecule has 3 aromatic rings. The number of hydrogen-bond acceptors (Lipinski definition) is 5. The van der Waals surface area contributed by atoms with Crippen LogP contribution in [0.3, 0.4) is 0 Å². The number of hydrogen-bond donors (Lipinski definition) is 1. The standard InChI is InChI=1S/C19H15N5/c1-2-6-14(7-3-1)17-18(15-8-4-10-20-12-15)23-24-19(22-17)16-9-5-11-21-13-16/h1-13,17H,(H,22,24). The number of benzene rings is 1. The zero-order chi connectivity index (χ0) is 16.2.